The van der Waals surface area contributed by atoms with Gasteiger partial charge >= 0.3 is 0 Å². The summed E-state index contributed by atoms with van der Waals surface area (Å²) >= 11 is 3.41. The molecule has 0 aliphatic carbocycles. The fourth-order valence-electron chi connectivity index (χ4n) is 2.73. The van der Waals surface area contributed by atoms with Crippen LogP contribution in [0.15, 0.2) is 50.6 Å². The Kier molecular flexibility index (Phi) is 3.76. The van der Waals surface area contributed by atoms with Gasteiger partial charge in [0.1, 0.15) is 17.5 Å². The molecule has 0 saturated heterocycles. The molecule has 0 saturated carbocycles. The number of rotatable bonds is 3. The van der Waals surface area contributed by atoms with Crippen molar-refractivity contribution in [3.05, 3.63) is 68.6 Å². The van der Waals surface area contributed by atoms with Crippen molar-refractivity contribution in [2.45, 2.75) is 20.4 Å². The van der Waals surface area contributed by atoms with Gasteiger partial charge in [-0.2, -0.15) is 5.10 Å². The molecule has 4 rings (SSSR count). The van der Waals surface area contributed by atoms with Crippen molar-refractivity contribution in [1.29, 1.82) is 0 Å². The van der Waals surface area contributed by atoms with Gasteiger partial charge in [-0.1, -0.05) is 21.1 Å². The molecule has 0 radical (unpaired) electrons. The van der Waals surface area contributed by atoms with Crippen molar-refractivity contribution in [2.75, 3.05) is 0 Å². The van der Waals surface area contributed by atoms with Crippen LogP contribution in [0.25, 0.3) is 16.7 Å². The van der Waals surface area contributed by atoms with Gasteiger partial charge in [-0.05, 0) is 38.1 Å². The van der Waals surface area contributed by atoms with E-state index in [1.807, 2.05) is 38.1 Å². The number of hydrogen-bond acceptors (Lipinski definition) is 5. The van der Waals surface area contributed by atoms with Crippen LogP contribution in [0.5, 0.6) is 0 Å². The Hall–Kier alpha value is -2.74. The van der Waals surface area contributed by atoms with Crippen molar-refractivity contribution in [3.8, 4) is 5.69 Å². The first-order valence-electron chi connectivity index (χ1n) is 7.65. The molecule has 0 atom stereocenters. The summed E-state index contributed by atoms with van der Waals surface area (Å²) in [7, 11) is 0. The molecule has 25 heavy (non-hydrogen) atoms. The lowest BCUT2D eigenvalue weighted by Crippen LogP contribution is -2.21. The summed E-state index contributed by atoms with van der Waals surface area (Å²) in [6.07, 6.45) is 3.09. The van der Waals surface area contributed by atoms with Crippen LogP contribution in [0, 0.1) is 13.8 Å². The van der Waals surface area contributed by atoms with Crippen molar-refractivity contribution in [1.82, 2.24) is 24.5 Å². The average Bonchev–Trinajstić information content (AvgIpc) is 3.17. The maximum Gasteiger partial charge on any atom is 0.264 e. The normalized spacial score (nSPS) is 11.3. The number of benzene rings is 1. The molecular weight excluding hydrogens is 386 g/mol. The Bertz CT molecular complexity index is 1100. The van der Waals surface area contributed by atoms with Crippen molar-refractivity contribution in [2.24, 2.45) is 0 Å². The van der Waals surface area contributed by atoms with Crippen LogP contribution in [0.3, 0.4) is 0 Å². The molecule has 126 valence electrons. The van der Waals surface area contributed by atoms with E-state index >= 15 is 0 Å². The Morgan fingerprint density at radius 1 is 1.20 bits per heavy atom. The molecule has 3 aromatic heterocycles. The van der Waals surface area contributed by atoms with E-state index in [2.05, 4.69) is 31.2 Å². The quantitative estimate of drug-likeness (QED) is 0.528. The molecule has 3 heterocycles. The Morgan fingerprint density at radius 3 is 2.64 bits per heavy atom. The molecule has 0 fully saturated rings. The minimum Gasteiger partial charge on any atom is -0.361 e. The maximum absolute atomic E-state index is 12.8. The number of halogens is 1. The molecule has 0 aliphatic heterocycles. The van der Waals surface area contributed by atoms with E-state index in [0.717, 1.165) is 21.4 Å². The lowest BCUT2D eigenvalue weighted by molar-refractivity contribution is 0.392. The minimum absolute atomic E-state index is 0.145. The number of fused-ring (bicyclic) bond motifs is 1. The molecule has 7 nitrogen and oxygen atoms in total. The highest BCUT2D eigenvalue weighted by molar-refractivity contribution is 9.10. The van der Waals surface area contributed by atoms with Gasteiger partial charge in [0.15, 0.2) is 5.65 Å². The van der Waals surface area contributed by atoms with Crippen LogP contribution in [0.4, 0.5) is 0 Å². The van der Waals surface area contributed by atoms with Gasteiger partial charge < -0.3 is 4.52 Å². The Morgan fingerprint density at radius 2 is 1.96 bits per heavy atom. The molecule has 0 amide bonds. The maximum atomic E-state index is 12.8. The van der Waals surface area contributed by atoms with E-state index < -0.39 is 0 Å². The van der Waals surface area contributed by atoms with Crippen molar-refractivity contribution in [3.63, 3.8) is 0 Å². The van der Waals surface area contributed by atoms with Gasteiger partial charge in [-0.15, -0.1) is 0 Å². The van der Waals surface area contributed by atoms with E-state index in [0.29, 0.717) is 23.3 Å². The predicted molar refractivity (Wildman–Crippen MR) is 95.9 cm³/mol. The zero-order chi connectivity index (χ0) is 17.6. The van der Waals surface area contributed by atoms with Crippen molar-refractivity contribution < 1.29 is 4.52 Å². The molecule has 4 aromatic rings. The fraction of sp³-hybridized carbons (Fsp3) is 0.176. The SMILES string of the molecule is Cc1noc(C)c1Cn1cnc2c(cnn2-c2ccc(Br)cc2)c1=O. The standard InChI is InChI=1S/C17H14BrN5O2/c1-10-15(11(2)25-21-10)8-22-9-19-16-14(17(22)24)7-20-23(16)13-5-3-12(18)4-6-13/h3-7,9H,8H2,1-2H3. The molecular formula is C17H14BrN5O2. The molecule has 1 aromatic carbocycles. The van der Waals surface area contributed by atoms with Gasteiger partial charge in [-0.25, -0.2) is 9.67 Å². The Labute approximate surface area is 151 Å². The number of hydrogen-bond donors (Lipinski definition) is 0. The lowest BCUT2D eigenvalue weighted by Gasteiger charge is -2.06. The number of aromatic nitrogens is 5. The first kappa shape index (κ1) is 15.8. The zero-order valence-corrected chi connectivity index (χ0v) is 15.2. The van der Waals surface area contributed by atoms with Gasteiger partial charge in [0.05, 0.1) is 24.1 Å². The molecule has 0 unspecified atom stereocenters. The van der Waals surface area contributed by atoms with Crippen LogP contribution < -0.4 is 5.56 Å². The molecule has 8 heteroatoms. The number of nitrogens with zero attached hydrogens (tertiary/aromatic N) is 5. The second kappa shape index (κ2) is 5.96. The van der Waals surface area contributed by atoms with Crippen LogP contribution in [-0.4, -0.2) is 24.5 Å². The van der Waals surface area contributed by atoms with Gasteiger partial charge in [0.2, 0.25) is 0 Å². The van der Waals surface area contributed by atoms with E-state index in [1.165, 1.54) is 6.33 Å². The van der Waals surface area contributed by atoms with Crippen LogP contribution in [0.1, 0.15) is 17.0 Å². The summed E-state index contributed by atoms with van der Waals surface area (Å²) in [5, 5.41) is 8.72. The molecule has 0 spiro atoms. The smallest absolute Gasteiger partial charge is 0.264 e. The average molecular weight is 400 g/mol. The zero-order valence-electron chi connectivity index (χ0n) is 13.6. The molecule has 0 aliphatic rings. The van der Waals surface area contributed by atoms with Crippen molar-refractivity contribution >= 4 is 27.0 Å². The van der Waals surface area contributed by atoms with E-state index in [9.17, 15) is 4.79 Å². The molecule has 0 N–H and O–H groups in total. The third kappa shape index (κ3) is 2.68. The fourth-order valence-corrected chi connectivity index (χ4v) is 2.99. The minimum atomic E-state index is -0.145. The lowest BCUT2D eigenvalue weighted by atomic mass is 10.2. The summed E-state index contributed by atoms with van der Waals surface area (Å²) in [6, 6.07) is 7.66. The van der Waals surface area contributed by atoms with Gasteiger partial charge in [0, 0.05) is 10.0 Å². The monoisotopic (exact) mass is 399 g/mol. The first-order chi connectivity index (χ1) is 12.0. The van der Waals surface area contributed by atoms with Crippen LogP contribution in [-0.2, 0) is 6.54 Å². The molecule has 0 bridgehead atoms. The van der Waals surface area contributed by atoms with E-state index in [4.69, 9.17) is 4.52 Å². The highest BCUT2D eigenvalue weighted by Gasteiger charge is 2.14. The second-order valence-corrected chi connectivity index (χ2v) is 6.67. The summed E-state index contributed by atoms with van der Waals surface area (Å²) in [6.45, 7) is 4.05. The summed E-state index contributed by atoms with van der Waals surface area (Å²) in [5.41, 5.74) is 2.89. The van der Waals surface area contributed by atoms with Crippen LogP contribution >= 0.6 is 15.9 Å². The second-order valence-electron chi connectivity index (χ2n) is 5.75. The third-order valence-electron chi connectivity index (χ3n) is 4.14. The van der Waals surface area contributed by atoms with Gasteiger partial charge in [-0.3, -0.25) is 9.36 Å². The highest BCUT2D eigenvalue weighted by Crippen LogP contribution is 2.18. The Balaban J connectivity index is 1.80. The summed E-state index contributed by atoms with van der Waals surface area (Å²) < 4.78 is 9.34. The van der Waals surface area contributed by atoms with E-state index in [-0.39, 0.29) is 5.56 Å². The van der Waals surface area contributed by atoms with Gasteiger partial charge in [0.25, 0.3) is 5.56 Å². The summed E-state index contributed by atoms with van der Waals surface area (Å²) in [5.74, 6) is 0.704. The largest absolute Gasteiger partial charge is 0.361 e. The highest BCUT2D eigenvalue weighted by atomic mass is 79.9. The van der Waals surface area contributed by atoms with Crippen LogP contribution in [0.2, 0.25) is 0 Å². The first-order valence-corrected chi connectivity index (χ1v) is 8.45. The topological polar surface area (TPSA) is 78.7 Å². The summed E-state index contributed by atoms with van der Waals surface area (Å²) in [4.78, 5) is 17.2. The third-order valence-corrected chi connectivity index (χ3v) is 4.66. The number of aryl methyl sites for hydroxylation is 2. The van der Waals surface area contributed by atoms with E-state index in [1.54, 1.807) is 15.4 Å². The predicted octanol–water partition coefficient (Wildman–Crippen LogP) is 3.00.